The molecular formula is C18H28O3. The molecule has 0 radical (unpaired) electrons. The summed E-state index contributed by atoms with van der Waals surface area (Å²) in [6, 6.07) is 4.63. The topological polar surface area (TPSA) is 57.5 Å². The Balaban J connectivity index is 2.20. The average molecular weight is 292 g/mol. The summed E-state index contributed by atoms with van der Waals surface area (Å²) in [5.41, 5.74) is 1.05. The number of benzene rings is 1. The highest BCUT2D eigenvalue weighted by molar-refractivity contribution is 5.89. The van der Waals surface area contributed by atoms with Crippen LogP contribution in [0.1, 0.15) is 80.6 Å². The van der Waals surface area contributed by atoms with Crippen LogP contribution in [0.25, 0.3) is 0 Å². The first-order valence-electron chi connectivity index (χ1n) is 8.20. The van der Waals surface area contributed by atoms with Gasteiger partial charge in [-0.1, -0.05) is 64.4 Å². The standard InChI is InChI=1S/C18H28O3/c1-2-3-4-5-6-7-8-9-10-11-15-12-13-16(19)14-17(15)18(20)21/h12-14,19H,2-11H2,1H3,(H,20,21). The van der Waals surface area contributed by atoms with Crippen LogP contribution < -0.4 is 0 Å². The summed E-state index contributed by atoms with van der Waals surface area (Å²) in [7, 11) is 0. The monoisotopic (exact) mass is 292 g/mol. The average Bonchev–Trinajstić information content (AvgIpc) is 2.46. The van der Waals surface area contributed by atoms with Crippen LogP contribution in [0.2, 0.25) is 0 Å². The van der Waals surface area contributed by atoms with E-state index in [9.17, 15) is 9.90 Å². The third-order valence-electron chi connectivity index (χ3n) is 3.87. The number of phenols is 1. The highest BCUT2D eigenvalue weighted by atomic mass is 16.4. The second kappa shape index (κ2) is 10.3. The number of aromatic carboxylic acids is 1. The van der Waals surface area contributed by atoms with E-state index in [1.807, 2.05) is 0 Å². The Morgan fingerprint density at radius 2 is 1.52 bits per heavy atom. The number of carboxylic acid groups (broad SMARTS) is 1. The van der Waals surface area contributed by atoms with Crippen molar-refractivity contribution in [1.82, 2.24) is 0 Å². The van der Waals surface area contributed by atoms with Crippen molar-refractivity contribution in [2.45, 2.75) is 71.1 Å². The first-order valence-corrected chi connectivity index (χ1v) is 8.20. The minimum Gasteiger partial charge on any atom is -0.508 e. The summed E-state index contributed by atoms with van der Waals surface area (Å²) in [6.07, 6.45) is 12.1. The number of hydrogen-bond donors (Lipinski definition) is 2. The zero-order valence-corrected chi connectivity index (χ0v) is 13.1. The summed E-state index contributed by atoms with van der Waals surface area (Å²) in [6.45, 7) is 2.23. The Labute approximate surface area is 128 Å². The van der Waals surface area contributed by atoms with E-state index in [1.165, 1.54) is 51.0 Å². The Hall–Kier alpha value is -1.51. The number of hydrogen-bond acceptors (Lipinski definition) is 2. The van der Waals surface area contributed by atoms with Crippen molar-refractivity contribution in [2.75, 3.05) is 0 Å². The van der Waals surface area contributed by atoms with Crippen molar-refractivity contribution in [3.05, 3.63) is 29.3 Å². The molecule has 3 heteroatoms. The van der Waals surface area contributed by atoms with Gasteiger partial charge in [0.2, 0.25) is 0 Å². The lowest BCUT2D eigenvalue weighted by Gasteiger charge is -2.07. The van der Waals surface area contributed by atoms with Gasteiger partial charge in [0.25, 0.3) is 0 Å². The fourth-order valence-electron chi connectivity index (χ4n) is 2.61. The van der Waals surface area contributed by atoms with Crippen molar-refractivity contribution in [3.63, 3.8) is 0 Å². The molecule has 0 atom stereocenters. The zero-order chi connectivity index (χ0) is 15.5. The molecule has 0 aliphatic carbocycles. The predicted octanol–water partition coefficient (Wildman–Crippen LogP) is 5.16. The first kappa shape index (κ1) is 17.5. The van der Waals surface area contributed by atoms with E-state index in [0.29, 0.717) is 0 Å². The number of rotatable bonds is 11. The molecule has 21 heavy (non-hydrogen) atoms. The van der Waals surface area contributed by atoms with E-state index in [2.05, 4.69) is 6.92 Å². The third-order valence-corrected chi connectivity index (χ3v) is 3.87. The van der Waals surface area contributed by atoms with E-state index < -0.39 is 5.97 Å². The van der Waals surface area contributed by atoms with E-state index >= 15 is 0 Å². The van der Waals surface area contributed by atoms with Gasteiger partial charge in [0, 0.05) is 0 Å². The normalized spacial score (nSPS) is 10.7. The van der Waals surface area contributed by atoms with Crippen LogP contribution in [0.15, 0.2) is 18.2 Å². The molecule has 3 nitrogen and oxygen atoms in total. The first-order chi connectivity index (χ1) is 10.1. The summed E-state index contributed by atoms with van der Waals surface area (Å²) in [4.78, 5) is 11.1. The van der Waals surface area contributed by atoms with Crippen molar-refractivity contribution < 1.29 is 15.0 Å². The van der Waals surface area contributed by atoms with Crippen LogP contribution >= 0.6 is 0 Å². The smallest absolute Gasteiger partial charge is 0.336 e. The van der Waals surface area contributed by atoms with Crippen LogP contribution in [-0.2, 0) is 6.42 Å². The van der Waals surface area contributed by atoms with Crippen molar-refractivity contribution in [1.29, 1.82) is 0 Å². The van der Waals surface area contributed by atoms with Crippen LogP contribution in [-0.4, -0.2) is 16.2 Å². The molecule has 0 fully saturated rings. The van der Waals surface area contributed by atoms with Gasteiger partial charge in [0.15, 0.2) is 0 Å². The minimum absolute atomic E-state index is 0.0169. The highest BCUT2D eigenvalue weighted by Gasteiger charge is 2.10. The van der Waals surface area contributed by atoms with Gasteiger partial charge in [-0.2, -0.15) is 0 Å². The van der Waals surface area contributed by atoms with Gasteiger partial charge < -0.3 is 10.2 Å². The fraction of sp³-hybridized carbons (Fsp3) is 0.611. The third kappa shape index (κ3) is 7.16. The maximum absolute atomic E-state index is 11.1. The highest BCUT2D eigenvalue weighted by Crippen LogP contribution is 2.19. The molecule has 1 aromatic rings. The van der Waals surface area contributed by atoms with Crippen molar-refractivity contribution >= 4 is 5.97 Å². The number of carbonyl (C=O) groups is 1. The van der Waals surface area contributed by atoms with Gasteiger partial charge in [-0.15, -0.1) is 0 Å². The number of carboxylic acids is 1. The SMILES string of the molecule is CCCCCCCCCCCc1ccc(O)cc1C(=O)O. The summed E-state index contributed by atoms with van der Waals surface area (Å²) in [5.74, 6) is -0.944. The Kier molecular flexibility index (Phi) is 8.56. The molecule has 0 heterocycles. The molecule has 0 spiro atoms. The lowest BCUT2D eigenvalue weighted by molar-refractivity contribution is 0.0695. The maximum atomic E-state index is 11.1. The summed E-state index contributed by atoms with van der Waals surface area (Å²) < 4.78 is 0. The lowest BCUT2D eigenvalue weighted by atomic mass is 10.00. The minimum atomic E-state index is -0.961. The molecule has 1 aromatic carbocycles. The number of unbranched alkanes of at least 4 members (excludes halogenated alkanes) is 8. The largest absolute Gasteiger partial charge is 0.508 e. The van der Waals surface area contributed by atoms with Gasteiger partial charge in [0.1, 0.15) is 5.75 Å². The molecule has 0 aromatic heterocycles. The van der Waals surface area contributed by atoms with Gasteiger partial charge in [-0.05, 0) is 30.5 Å². The molecule has 0 aliphatic heterocycles. The van der Waals surface area contributed by atoms with Crippen LogP contribution in [0, 0.1) is 0 Å². The second-order valence-electron chi connectivity index (χ2n) is 5.73. The molecule has 0 saturated carbocycles. The van der Waals surface area contributed by atoms with Gasteiger partial charge >= 0.3 is 5.97 Å². The number of phenolic OH excluding ortho intramolecular Hbond substituents is 1. The molecule has 2 N–H and O–H groups in total. The Morgan fingerprint density at radius 3 is 2.10 bits per heavy atom. The number of aryl methyl sites for hydroxylation is 1. The van der Waals surface area contributed by atoms with Crippen LogP contribution in [0.5, 0.6) is 5.75 Å². The molecule has 0 amide bonds. The molecule has 0 aliphatic rings. The molecule has 1 rings (SSSR count). The van der Waals surface area contributed by atoms with Gasteiger partial charge in [-0.3, -0.25) is 0 Å². The Bertz CT molecular complexity index is 426. The zero-order valence-electron chi connectivity index (χ0n) is 13.1. The Morgan fingerprint density at radius 1 is 0.952 bits per heavy atom. The summed E-state index contributed by atoms with van der Waals surface area (Å²) in [5, 5.41) is 18.5. The second-order valence-corrected chi connectivity index (χ2v) is 5.73. The van der Waals surface area contributed by atoms with E-state index in [1.54, 1.807) is 12.1 Å². The molecule has 0 unspecified atom stereocenters. The number of aromatic hydroxyl groups is 1. The van der Waals surface area contributed by atoms with E-state index in [4.69, 9.17) is 5.11 Å². The summed E-state index contributed by atoms with van der Waals surface area (Å²) >= 11 is 0. The van der Waals surface area contributed by atoms with Gasteiger partial charge in [0.05, 0.1) is 5.56 Å². The quantitative estimate of drug-likeness (QED) is 0.554. The van der Waals surface area contributed by atoms with Crippen LogP contribution in [0.4, 0.5) is 0 Å². The maximum Gasteiger partial charge on any atom is 0.336 e. The van der Waals surface area contributed by atoms with Crippen LogP contribution in [0.3, 0.4) is 0 Å². The van der Waals surface area contributed by atoms with E-state index in [-0.39, 0.29) is 11.3 Å². The molecule has 118 valence electrons. The van der Waals surface area contributed by atoms with Gasteiger partial charge in [-0.25, -0.2) is 4.79 Å². The fourth-order valence-corrected chi connectivity index (χ4v) is 2.61. The van der Waals surface area contributed by atoms with Crippen molar-refractivity contribution in [3.8, 4) is 5.75 Å². The lowest BCUT2D eigenvalue weighted by Crippen LogP contribution is -2.02. The van der Waals surface area contributed by atoms with Crippen molar-refractivity contribution in [2.24, 2.45) is 0 Å². The molecular weight excluding hydrogens is 264 g/mol. The molecule has 0 saturated heterocycles. The molecule has 0 bridgehead atoms. The predicted molar refractivity (Wildman–Crippen MR) is 86.0 cm³/mol. The van der Waals surface area contributed by atoms with E-state index in [0.717, 1.165) is 24.8 Å².